The zero-order valence-electron chi connectivity index (χ0n) is 10.6. The Morgan fingerprint density at radius 3 is 2.33 bits per heavy atom. The number of nitrogens with zero attached hydrogens (tertiary/aromatic N) is 3. The van der Waals surface area contributed by atoms with E-state index < -0.39 is 0 Å². The highest BCUT2D eigenvalue weighted by molar-refractivity contribution is 5.27. The molecule has 0 radical (unpaired) electrons. The molecule has 2 rings (SSSR count). The maximum absolute atomic E-state index is 9.45. The Balaban J connectivity index is 1.95. The summed E-state index contributed by atoms with van der Waals surface area (Å²) >= 11 is 0. The maximum atomic E-state index is 9.45. The molecule has 1 aliphatic carbocycles. The molecule has 1 aromatic rings. The minimum atomic E-state index is -0.167. The van der Waals surface area contributed by atoms with Crippen molar-refractivity contribution in [2.24, 2.45) is 5.92 Å². The number of anilines is 1. The fourth-order valence-electron chi connectivity index (χ4n) is 2.07. The number of hydrogen-bond donors (Lipinski definition) is 2. The summed E-state index contributed by atoms with van der Waals surface area (Å²) in [6.07, 6.45) is 2.55. The van der Waals surface area contributed by atoms with Crippen LogP contribution in [0.15, 0.2) is 0 Å². The molecule has 1 heterocycles. The van der Waals surface area contributed by atoms with Crippen molar-refractivity contribution in [1.82, 2.24) is 15.0 Å². The van der Waals surface area contributed by atoms with Gasteiger partial charge in [-0.15, -0.1) is 4.98 Å². The van der Waals surface area contributed by atoms with Gasteiger partial charge in [-0.1, -0.05) is 0 Å². The Morgan fingerprint density at radius 2 is 1.83 bits per heavy atom. The standard InChI is InChI=1S/C11H18N4O3/c1-17-10-13-9(14-11(15-10)18-2)12-6-7-3-4-8(16)5-7/h7-8,16H,3-6H2,1-2H3,(H,12,13,14,15). The number of hydrogen-bond acceptors (Lipinski definition) is 7. The highest BCUT2D eigenvalue weighted by Crippen LogP contribution is 2.25. The van der Waals surface area contributed by atoms with Gasteiger partial charge in [0, 0.05) is 6.54 Å². The van der Waals surface area contributed by atoms with Crippen molar-refractivity contribution in [1.29, 1.82) is 0 Å². The highest BCUT2D eigenvalue weighted by atomic mass is 16.5. The van der Waals surface area contributed by atoms with Crippen LogP contribution in [0.3, 0.4) is 0 Å². The first-order chi connectivity index (χ1) is 8.71. The second-order valence-electron chi connectivity index (χ2n) is 4.35. The number of rotatable bonds is 5. The largest absolute Gasteiger partial charge is 0.467 e. The van der Waals surface area contributed by atoms with E-state index in [1.54, 1.807) is 0 Å². The third-order valence-corrected chi connectivity index (χ3v) is 3.02. The van der Waals surface area contributed by atoms with Crippen molar-refractivity contribution in [3.05, 3.63) is 0 Å². The van der Waals surface area contributed by atoms with Crippen molar-refractivity contribution >= 4 is 5.95 Å². The molecule has 2 unspecified atom stereocenters. The van der Waals surface area contributed by atoms with E-state index in [0.717, 1.165) is 25.8 Å². The summed E-state index contributed by atoms with van der Waals surface area (Å²) in [5.74, 6) is 0.883. The van der Waals surface area contributed by atoms with E-state index in [0.29, 0.717) is 11.9 Å². The van der Waals surface area contributed by atoms with E-state index in [-0.39, 0.29) is 18.1 Å². The lowest BCUT2D eigenvalue weighted by Gasteiger charge is -2.11. The minimum Gasteiger partial charge on any atom is -0.467 e. The van der Waals surface area contributed by atoms with E-state index in [9.17, 15) is 5.11 Å². The van der Waals surface area contributed by atoms with Crippen LogP contribution in [0.1, 0.15) is 19.3 Å². The third kappa shape index (κ3) is 3.19. The molecular weight excluding hydrogens is 236 g/mol. The predicted octanol–water partition coefficient (Wildman–Crippen LogP) is 0.462. The highest BCUT2D eigenvalue weighted by Gasteiger charge is 2.22. The molecule has 2 atom stereocenters. The molecule has 0 saturated heterocycles. The van der Waals surface area contributed by atoms with E-state index in [4.69, 9.17) is 9.47 Å². The summed E-state index contributed by atoms with van der Waals surface area (Å²) in [5, 5.41) is 12.6. The number of aromatic nitrogens is 3. The molecule has 0 aromatic carbocycles. The first-order valence-corrected chi connectivity index (χ1v) is 5.97. The van der Waals surface area contributed by atoms with Gasteiger partial charge in [-0.25, -0.2) is 0 Å². The molecule has 0 aliphatic heterocycles. The average Bonchev–Trinajstić information content (AvgIpc) is 2.81. The van der Waals surface area contributed by atoms with Crippen molar-refractivity contribution in [2.75, 3.05) is 26.1 Å². The second-order valence-corrected chi connectivity index (χ2v) is 4.35. The van der Waals surface area contributed by atoms with Gasteiger partial charge < -0.3 is 19.9 Å². The number of ether oxygens (including phenoxy) is 2. The third-order valence-electron chi connectivity index (χ3n) is 3.02. The smallest absolute Gasteiger partial charge is 0.324 e. The molecule has 1 aliphatic rings. The topological polar surface area (TPSA) is 89.4 Å². The number of aliphatic hydroxyl groups is 1. The summed E-state index contributed by atoms with van der Waals surface area (Å²) in [7, 11) is 2.98. The second kappa shape index (κ2) is 5.81. The van der Waals surface area contributed by atoms with Gasteiger partial charge in [-0.3, -0.25) is 0 Å². The van der Waals surface area contributed by atoms with Crippen molar-refractivity contribution in [2.45, 2.75) is 25.4 Å². The number of methoxy groups -OCH3 is 2. The van der Waals surface area contributed by atoms with Gasteiger partial charge in [0.2, 0.25) is 5.95 Å². The van der Waals surface area contributed by atoms with Crippen LogP contribution < -0.4 is 14.8 Å². The fraction of sp³-hybridized carbons (Fsp3) is 0.727. The molecule has 1 saturated carbocycles. The molecule has 100 valence electrons. The zero-order chi connectivity index (χ0) is 13.0. The zero-order valence-corrected chi connectivity index (χ0v) is 10.6. The summed E-state index contributed by atoms with van der Waals surface area (Å²) in [4.78, 5) is 12.1. The van der Waals surface area contributed by atoms with Crippen molar-refractivity contribution < 1.29 is 14.6 Å². The lowest BCUT2D eigenvalue weighted by molar-refractivity contribution is 0.178. The first-order valence-electron chi connectivity index (χ1n) is 5.97. The van der Waals surface area contributed by atoms with Crippen LogP contribution >= 0.6 is 0 Å². The molecule has 7 nitrogen and oxygen atoms in total. The molecule has 1 aromatic heterocycles. The Kier molecular flexibility index (Phi) is 4.14. The van der Waals surface area contributed by atoms with Crippen LogP contribution in [0.4, 0.5) is 5.95 Å². The molecule has 7 heteroatoms. The summed E-state index contributed by atoms with van der Waals surface area (Å²) < 4.78 is 9.93. The van der Waals surface area contributed by atoms with E-state index >= 15 is 0 Å². The SMILES string of the molecule is COc1nc(NCC2CCC(O)C2)nc(OC)n1. The quantitative estimate of drug-likeness (QED) is 0.789. The lowest BCUT2D eigenvalue weighted by Crippen LogP contribution is -2.15. The minimum absolute atomic E-state index is 0.167. The Morgan fingerprint density at radius 1 is 1.17 bits per heavy atom. The van der Waals surface area contributed by atoms with E-state index in [1.165, 1.54) is 14.2 Å². The molecule has 18 heavy (non-hydrogen) atoms. The van der Waals surface area contributed by atoms with Gasteiger partial charge in [0.15, 0.2) is 0 Å². The maximum Gasteiger partial charge on any atom is 0.324 e. The number of aliphatic hydroxyl groups excluding tert-OH is 1. The molecule has 2 N–H and O–H groups in total. The van der Waals surface area contributed by atoms with Crippen molar-refractivity contribution in [3.8, 4) is 12.0 Å². The van der Waals surface area contributed by atoms with Crippen LogP contribution in [0.5, 0.6) is 12.0 Å². The van der Waals surface area contributed by atoms with Crippen LogP contribution in [0, 0.1) is 5.92 Å². The van der Waals surface area contributed by atoms with Gasteiger partial charge in [0.25, 0.3) is 0 Å². The molecule has 1 fully saturated rings. The normalized spacial score (nSPS) is 22.8. The first kappa shape index (κ1) is 12.8. The van der Waals surface area contributed by atoms with Gasteiger partial charge in [0.05, 0.1) is 20.3 Å². The molecule has 0 amide bonds. The summed E-state index contributed by atoms with van der Waals surface area (Å²) in [5.41, 5.74) is 0. The monoisotopic (exact) mass is 254 g/mol. The van der Waals surface area contributed by atoms with Gasteiger partial charge in [-0.2, -0.15) is 9.97 Å². The molecule has 0 spiro atoms. The van der Waals surface area contributed by atoms with Gasteiger partial charge in [-0.05, 0) is 25.2 Å². The fourth-order valence-corrected chi connectivity index (χ4v) is 2.07. The Hall–Kier alpha value is -1.63. The summed E-state index contributed by atoms with van der Waals surface area (Å²) in [6.45, 7) is 0.730. The van der Waals surface area contributed by atoms with Crippen LogP contribution in [0.2, 0.25) is 0 Å². The van der Waals surface area contributed by atoms with E-state index in [2.05, 4.69) is 20.3 Å². The van der Waals surface area contributed by atoms with Crippen molar-refractivity contribution in [3.63, 3.8) is 0 Å². The van der Waals surface area contributed by atoms with Crippen LogP contribution in [0.25, 0.3) is 0 Å². The predicted molar refractivity (Wildman–Crippen MR) is 64.8 cm³/mol. The lowest BCUT2D eigenvalue weighted by atomic mass is 10.1. The molecule has 0 bridgehead atoms. The van der Waals surface area contributed by atoms with E-state index in [1.807, 2.05) is 0 Å². The Labute approximate surface area is 106 Å². The Bertz CT molecular complexity index is 380. The number of nitrogens with one attached hydrogen (secondary N) is 1. The molecular formula is C11H18N4O3. The summed E-state index contributed by atoms with van der Waals surface area (Å²) in [6, 6.07) is 0.437. The van der Waals surface area contributed by atoms with Crippen LogP contribution in [-0.4, -0.2) is 46.9 Å². The van der Waals surface area contributed by atoms with Gasteiger partial charge >= 0.3 is 12.0 Å². The average molecular weight is 254 g/mol. The van der Waals surface area contributed by atoms with Crippen LogP contribution in [-0.2, 0) is 0 Å². The van der Waals surface area contributed by atoms with Gasteiger partial charge in [0.1, 0.15) is 0 Å².